The second kappa shape index (κ2) is 6.43. The minimum atomic E-state index is -0.344. The predicted octanol–water partition coefficient (Wildman–Crippen LogP) is 3.40. The molecule has 1 aliphatic rings. The van der Waals surface area contributed by atoms with E-state index in [2.05, 4.69) is 6.07 Å². The predicted molar refractivity (Wildman–Crippen MR) is 71.4 cm³/mol. The maximum atomic E-state index is 9.96. The quantitative estimate of drug-likeness (QED) is 0.814. The highest BCUT2D eigenvalue weighted by molar-refractivity contribution is 7.99. The first-order chi connectivity index (χ1) is 8.31. The van der Waals surface area contributed by atoms with Crippen molar-refractivity contribution < 1.29 is 9.84 Å². The third kappa shape index (κ3) is 3.47. The number of aliphatic hydroxyl groups excluding tert-OH is 1. The van der Waals surface area contributed by atoms with Crippen molar-refractivity contribution in [2.24, 2.45) is 0 Å². The Morgan fingerprint density at radius 1 is 1.47 bits per heavy atom. The summed E-state index contributed by atoms with van der Waals surface area (Å²) < 4.78 is 5.62. The first-order valence-corrected chi connectivity index (χ1v) is 7.31. The van der Waals surface area contributed by atoms with Crippen LogP contribution in [0, 0.1) is 0 Å². The summed E-state index contributed by atoms with van der Waals surface area (Å²) in [6.45, 7) is 2.91. The van der Waals surface area contributed by atoms with Crippen LogP contribution in [0.3, 0.4) is 0 Å². The number of rotatable bonds is 5. The molecule has 0 aliphatic carbocycles. The lowest BCUT2D eigenvalue weighted by Gasteiger charge is -2.15. The van der Waals surface area contributed by atoms with Gasteiger partial charge in [-0.25, -0.2) is 0 Å². The summed E-state index contributed by atoms with van der Waals surface area (Å²) in [6.07, 6.45) is 3.17. The van der Waals surface area contributed by atoms with E-state index in [4.69, 9.17) is 4.74 Å². The molecule has 1 fully saturated rings. The zero-order valence-electron chi connectivity index (χ0n) is 10.3. The highest BCUT2D eigenvalue weighted by Crippen LogP contribution is 2.31. The minimum Gasteiger partial charge on any atom is -0.388 e. The first-order valence-electron chi connectivity index (χ1n) is 6.32. The van der Waals surface area contributed by atoms with E-state index >= 15 is 0 Å². The minimum absolute atomic E-state index is 0.344. The second-order valence-electron chi connectivity index (χ2n) is 4.41. The van der Waals surface area contributed by atoms with Gasteiger partial charge >= 0.3 is 0 Å². The number of hydrogen-bond acceptors (Lipinski definition) is 3. The van der Waals surface area contributed by atoms with Gasteiger partial charge in [0.25, 0.3) is 0 Å². The maximum Gasteiger partial charge on any atom is 0.0798 e. The van der Waals surface area contributed by atoms with Gasteiger partial charge in [0.2, 0.25) is 0 Å². The zero-order valence-corrected chi connectivity index (χ0v) is 11.1. The van der Waals surface area contributed by atoms with Crippen LogP contribution in [0.1, 0.15) is 37.9 Å². The largest absolute Gasteiger partial charge is 0.388 e. The number of aliphatic hydroxyl groups is 1. The number of thioether (sulfide) groups is 1. The lowest BCUT2D eigenvalue weighted by atomic mass is 10.1. The van der Waals surface area contributed by atoms with E-state index in [-0.39, 0.29) is 6.10 Å². The molecule has 94 valence electrons. The van der Waals surface area contributed by atoms with E-state index in [1.165, 1.54) is 17.7 Å². The second-order valence-corrected chi connectivity index (χ2v) is 5.47. The molecule has 1 heterocycles. The molecular formula is C14H20O2S. The van der Waals surface area contributed by atoms with Crippen molar-refractivity contribution in [1.82, 2.24) is 0 Å². The van der Waals surface area contributed by atoms with Crippen LogP contribution in [-0.4, -0.2) is 23.6 Å². The van der Waals surface area contributed by atoms with Crippen LogP contribution in [0.25, 0.3) is 0 Å². The Morgan fingerprint density at radius 2 is 2.29 bits per heavy atom. The molecular weight excluding hydrogens is 232 g/mol. The summed E-state index contributed by atoms with van der Waals surface area (Å²) >= 11 is 1.80. The molecule has 2 unspecified atom stereocenters. The Bertz CT molecular complexity index is 348. The third-order valence-corrected chi connectivity index (χ3v) is 4.33. The fourth-order valence-electron chi connectivity index (χ4n) is 2.07. The van der Waals surface area contributed by atoms with Crippen LogP contribution in [0.5, 0.6) is 0 Å². The highest BCUT2D eigenvalue weighted by atomic mass is 32.2. The summed E-state index contributed by atoms with van der Waals surface area (Å²) in [4.78, 5) is 1.19. The van der Waals surface area contributed by atoms with Crippen LogP contribution >= 0.6 is 11.8 Å². The van der Waals surface area contributed by atoms with Crippen LogP contribution < -0.4 is 0 Å². The normalized spacial score (nSPS) is 21.6. The van der Waals surface area contributed by atoms with Gasteiger partial charge in [0.05, 0.1) is 12.2 Å². The molecule has 17 heavy (non-hydrogen) atoms. The van der Waals surface area contributed by atoms with Gasteiger partial charge in [0.1, 0.15) is 0 Å². The SMILES string of the molecule is CCC(O)c1ccccc1SCC1CCCO1. The molecule has 0 bridgehead atoms. The van der Waals surface area contributed by atoms with E-state index < -0.39 is 0 Å². The standard InChI is InChI=1S/C14H20O2S/c1-2-13(15)12-7-3-4-8-14(12)17-10-11-6-5-9-16-11/h3-4,7-8,11,13,15H,2,5-6,9-10H2,1H3. The van der Waals surface area contributed by atoms with Gasteiger partial charge in [-0.3, -0.25) is 0 Å². The van der Waals surface area contributed by atoms with Crippen LogP contribution in [0.15, 0.2) is 29.2 Å². The average Bonchev–Trinajstić information content (AvgIpc) is 2.89. The molecule has 0 radical (unpaired) electrons. The van der Waals surface area contributed by atoms with E-state index in [0.29, 0.717) is 6.10 Å². The van der Waals surface area contributed by atoms with Crippen molar-refractivity contribution in [3.05, 3.63) is 29.8 Å². The number of benzene rings is 1. The van der Waals surface area contributed by atoms with Crippen LogP contribution in [-0.2, 0) is 4.74 Å². The average molecular weight is 252 g/mol. The molecule has 0 amide bonds. The molecule has 0 saturated carbocycles. The molecule has 2 nitrogen and oxygen atoms in total. The van der Waals surface area contributed by atoms with Crippen molar-refractivity contribution in [2.75, 3.05) is 12.4 Å². The van der Waals surface area contributed by atoms with E-state index in [9.17, 15) is 5.11 Å². The Hall–Kier alpha value is -0.510. The van der Waals surface area contributed by atoms with Crippen LogP contribution in [0.4, 0.5) is 0 Å². The molecule has 2 atom stereocenters. The summed E-state index contributed by atoms with van der Waals surface area (Å²) in [5.41, 5.74) is 1.05. The Morgan fingerprint density at radius 3 is 3.00 bits per heavy atom. The molecule has 1 aliphatic heterocycles. The van der Waals surface area contributed by atoms with Crippen molar-refractivity contribution >= 4 is 11.8 Å². The summed E-state index contributed by atoms with van der Waals surface area (Å²) in [5, 5.41) is 9.96. The molecule has 1 aromatic rings. The fourth-order valence-corrected chi connectivity index (χ4v) is 3.24. The van der Waals surface area contributed by atoms with Gasteiger partial charge in [-0.1, -0.05) is 25.1 Å². The van der Waals surface area contributed by atoms with E-state index in [1.54, 1.807) is 11.8 Å². The van der Waals surface area contributed by atoms with Gasteiger partial charge in [0, 0.05) is 17.3 Å². The van der Waals surface area contributed by atoms with Crippen molar-refractivity contribution in [3.63, 3.8) is 0 Å². The monoisotopic (exact) mass is 252 g/mol. The lowest BCUT2D eigenvalue weighted by molar-refractivity contribution is 0.129. The van der Waals surface area contributed by atoms with Crippen molar-refractivity contribution in [3.8, 4) is 0 Å². The van der Waals surface area contributed by atoms with E-state index in [1.807, 2.05) is 25.1 Å². The molecule has 1 N–H and O–H groups in total. The van der Waals surface area contributed by atoms with Gasteiger partial charge in [0.15, 0.2) is 0 Å². The molecule has 0 spiro atoms. The highest BCUT2D eigenvalue weighted by Gasteiger charge is 2.17. The molecule has 1 saturated heterocycles. The first kappa shape index (κ1) is 12.9. The fraction of sp³-hybridized carbons (Fsp3) is 0.571. The number of hydrogen-bond donors (Lipinski definition) is 1. The van der Waals surface area contributed by atoms with E-state index in [0.717, 1.165) is 24.3 Å². The van der Waals surface area contributed by atoms with Crippen molar-refractivity contribution in [2.45, 2.75) is 43.3 Å². The zero-order chi connectivity index (χ0) is 12.1. The lowest BCUT2D eigenvalue weighted by Crippen LogP contribution is -2.08. The van der Waals surface area contributed by atoms with Gasteiger partial charge in [-0.05, 0) is 30.9 Å². The third-order valence-electron chi connectivity index (χ3n) is 3.11. The molecule has 3 heteroatoms. The maximum absolute atomic E-state index is 9.96. The van der Waals surface area contributed by atoms with Gasteiger partial charge < -0.3 is 9.84 Å². The summed E-state index contributed by atoms with van der Waals surface area (Å²) in [6, 6.07) is 8.13. The number of ether oxygens (including phenoxy) is 1. The Balaban J connectivity index is 1.98. The topological polar surface area (TPSA) is 29.5 Å². The molecule has 0 aromatic heterocycles. The van der Waals surface area contributed by atoms with Gasteiger partial charge in [-0.2, -0.15) is 0 Å². The summed E-state index contributed by atoms with van der Waals surface area (Å²) in [5.74, 6) is 0.993. The Kier molecular flexibility index (Phi) is 4.89. The van der Waals surface area contributed by atoms with Crippen molar-refractivity contribution in [1.29, 1.82) is 0 Å². The molecule has 1 aromatic carbocycles. The van der Waals surface area contributed by atoms with Gasteiger partial charge in [-0.15, -0.1) is 11.8 Å². The van der Waals surface area contributed by atoms with Crippen LogP contribution in [0.2, 0.25) is 0 Å². The molecule has 2 rings (SSSR count). The smallest absolute Gasteiger partial charge is 0.0798 e. The Labute approximate surface area is 107 Å². The summed E-state index contributed by atoms with van der Waals surface area (Å²) in [7, 11) is 0.